The first-order valence-corrected chi connectivity index (χ1v) is 4.69. The van der Waals surface area contributed by atoms with Crippen molar-refractivity contribution in [2.75, 3.05) is 5.32 Å². The summed E-state index contributed by atoms with van der Waals surface area (Å²) in [6, 6.07) is 1.81. The SMILES string of the molecule is C#CC(C)Nc1ccnc(C(C)C)n1. The van der Waals surface area contributed by atoms with Crippen molar-refractivity contribution in [1.29, 1.82) is 0 Å². The molecule has 1 N–H and O–H groups in total. The number of nitrogens with one attached hydrogen (secondary N) is 1. The predicted molar refractivity (Wildman–Crippen MR) is 58.0 cm³/mol. The minimum absolute atomic E-state index is 0.00934. The van der Waals surface area contributed by atoms with E-state index in [1.54, 1.807) is 6.20 Å². The monoisotopic (exact) mass is 189 g/mol. The number of rotatable bonds is 3. The Hall–Kier alpha value is -1.56. The van der Waals surface area contributed by atoms with E-state index in [1.165, 1.54) is 0 Å². The van der Waals surface area contributed by atoms with E-state index in [-0.39, 0.29) is 6.04 Å². The Morgan fingerprint density at radius 1 is 1.43 bits per heavy atom. The van der Waals surface area contributed by atoms with Crippen molar-refractivity contribution in [3.8, 4) is 12.3 Å². The standard InChI is InChI=1S/C11H15N3/c1-5-9(4)13-10-6-7-12-11(14-10)8(2)3/h1,6-9H,2-4H3,(H,12,13,14). The van der Waals surface area contributed by atoms with Crippen LogP contribution in [0.2, 0.25) is 0 Å². The van der Waals surface area contributed by atoms with Crippen LogP contribution in [-0.2, 0) is 0 Å². The first-order valence-electron chi connectivity index (χ1n) is 4.69. The van der Waals surface area contributed by atoms with Gasteiger partial charge in [-0.25, -0.2) is 9.97 Å². The van der Waals surface area contributed by atoms with Crippen molar-refractivity contribution in [2.24, 2.45) is 0 Å². The van der Waals surface area contributed by atoms with Crippen molar-refractivity contribution >= 4 is 5.82 Å². The summed E-state index contributed by atoms with van der Waals surface area (Å²) >= 11 is 0. The number of aromatic nitrogens is 2. The zero-order valence-corrected chi connectivity index (χ0v) is 8.78. The molecule has 0 saturated carbocycles. The zero-order valence-electron chi connectivity index (χ0n) is 8.78. The molecule has 0 amide bonds. The minimum atomic E-state index is -0.00934. The van der Waals surface area contributed by atoms with E-state index in [1.807, 2.05) is 13.0 Å². The molecule has 1 rings (SSSR count). The van der Waals surface area contributed by atoms with Crippen molar-refractivity contribution < 1.29 is 0 Å². The van der Waals surface area contributed by atoms with Gasteiger partial charge in [0.1, 0.15) is 11.6 Å². The lowest BCUT2D eigenvalue weighted by Gasteiger charge is -2.10. The van der Waals surface area contributed by atoms with Gasteiger partial charge in [0.25, 0.3) is 0 Å². The number of hydrogen-bond donors (Lipinski definition) is 1. The predicted octanol–water partition coefficient (Wildman–Crippen LogP) is 2.03. The van der Waals surface area contributed by atoms with Crippen LogP contribution in [0.4, 0.5) is 5.82 Å². The molecule has 0 radical (unpaired) electrons. The van der Waals surface area contributed by atoms with Gasteiger partial charge in [-0.3, -0.25) is 0 Å². The second kappa shape index (κ2) is 4.61. The molecule has 1 atom stereocenters. The maximum absolute atomic E-state index is 5.26. The summed E-state index contributed by atoms with van der Waals surface area (Å²) in [6.07, 6.45) is 7.01. The number of terminal acetylenes is 1. The van der Waals surface area contributed by atoms with Crippen LogP contribution in [-0.4, -0.2) is 16.0 Å². The third-order valence-corrected chi connectivity index (χ3v) is 1.80. The lowest BCUT2D eigenvalue weighted by Crippen LogP contribution is -2.14. The van der Waals surface area contributed by atoms with E-state index >= 15 is 0 Å². The van der Waals surface area contributed by atoms with Gasteiger partial charge in [-0.1, -0.05) is 19.8 Å². The Balaban J connectivity index is 2.79. The van der Waals surface area contributed by atoms with Gasteiger partial charge in [0.15, 0.2) is 0 Å². The molecule has 1 unspecified atom stereocenters. The second-order valence-corrected chi connectivity index (χ2v) is 3.49. The Morgan fingerprint density at radius 3 is 2.71 bits per heavy atom. The van der Waals surface area contributed by atoms with E-state index in [2.05, 4.69) is 35.1 Å². The number of nitrogens with zero attached hydrogens (tertiary/aromatic N) is 2. The van der Waals surface area contributed by atoms with Crippen molar-refractivity contribution in [2.45, 2.75) is 32.7 Å². The van der Waals surface area contributed by atoms with E-state index in [4.69, 9.17) is 6.42 Å². The number of hydrogen-bond acceptors (Lipinski definition) is 3. The highest BCUT2D eigenvalue weighted by molar-refractivity contribution is 5.36. The molecule has 0 aromatic carbocycles. The van der Waals surface area contributed by atoms with Gasteiger partial charge in [-0.2, -0.15) is 0 Å². The maximum atomic E-state index is 5.26. The van der Waals surface area contributed by atoms with Crippen LogP contribution >= 0.6 is 0 Å². The molecule has 14 heavy (non-hydrogen) atoms. The molecule has 0 bridgehead atoms. The van der Waals surface area contributed by atoms with Gasteiger partial charge in [0.05, 0.1) is 6.04 Å². The maximum Gasteiger partial charge on any atom is 0.133 e. The Morgan fingerprint density at radius 2 is 2.14 bits per heavy atom. The highest BCUT2D eigenvalue weighted by Crippen LogP contribution is 2.11. The smallest absolute Gasteiger partial charge is 0.133 e. The molecular formula is C11H15N3. The third kappa shape index (κ3) is 2.74. The summed E-state index contributed by atoms with van der Waals surface area (Å²) in [6.45, 7) is 6.03. The van der Waals surface area contributed by atoms with E-state index in [0.29, 0.717) is 5.92 Å². The van der Waals surface area contributed by atoms with E-state index < -0.39 is 0 Å². The van der Waals surface area contributed by atoms with Crippen LogP contribution in [0.25, 0.3) is 0 Å². The van der Waals surface area contributed by atoms with Crippen molar-refractivity contribution in [3.63, 3.8) is 0 Å². The van der Waals surface area contributed by atoms with Crippen molar-refractivity contribution in [1.82, 2.24) is 9.97 Å². The largest absolute Gasteiger partial charge is 0.357 e. The molecule has 74 valence electrons. The molecule has 1 aromatic heterocycles. The van der Waals surface area contributed by atoms with Gasteiger partial charge < -0.3 is 5.32 Å². The Kier molecular flexibility index (Phi) is 3.47. The average molecular weight is 189 g/mol. The Bertz CT molecular complexity index is 339. The van der Waals surface area contributed by atoms with Crippen LogP contribution in [0, 0.1) is 12.3 Å². The molecule has 0 aliphatic heterocycles. The molecule has 1 heterocycles. The van der Waals surface area contributed by atoms with E-state index in [9.17, 15) is 0 Å². The third-order valence-electron chi connectivity index (χ3n) is 1.80. The Labute approximate surface area is 85.0 Å². The molecule has 0 fully saturated rings. The van der Waals surface area contributed by atoms with Crippen LogP contribution in [0.15, 0.2) is 12.3 Å². The second-order valence-electron chi connectivity index (χ2n) is 3.49. The van der Waals surface area contributed by atoms with Gasteiger partial charge >= 0.3 is 0 Å². The number of anilines is 1. The molecule has 0 aliphatic carbocycles. The molecule has 3 heteroatoms. The highest BCUT2D eigenvalue weighted by atomic mass is 15.0. The summed E-state index contributed by atoms with van der Waals surface area (Å²) in [5.74, 6) is 4.54. The fraction of sp³-hybridized carbons (Fsp3) is 0.455. The van der Waals surface area contributed by atoms with Crippen molar-refractivity contribution in [3.05, 3.63) is 18.1 Å². The highest BCUT2D eigenvalue weighted by Gasteiger charge is 2.04. The van der Waals surface area contributed by atoms with Gasteiger partial charge in [-0.15, -0.1) is 6.42 Å². The summed E-state index contributed by atoms with van der Waals surface area (Å²) in [5.41, 5.74) is 0. The van der Waals surface area contributed by atoms with Gasteiger partial charge in [0.2, 0.25) is 0 Å². The van der Waals surface area contributed by atoms with Crippen LogP contribution in [0.3, 0.4) is 0 Å². The summed E-state index contributed by atoms with van der Waals surface area (Å²) in [4.78, 5) is 8.51. The molecule has 0 saturated heterocycles. The van der Waals surface area contributed by atoms with E-state index in [0.717, 1.165) is 11.6 Å². The summed E-state index contributed by atoms with van der Waals surface area (Å²) in [5, 5.41) is 3.10. The molecule has 3 nitrogen and oxygen atoms in total. The summed E-state index contributed by atoms with van der Waals surface area (Å²) < 4.78 is 0. The average Bonchev–Trinajstić information content (AvgIpc) is 2.18. The molecular weight excluding hydrogens is 174 g/mol. The van der Waals surface area contributed by atoms with Crippen LogP contribution in [0.1, 0.15) is 32.5 Å². The lowest BCUT2D eigenvalue weighted by molar-refractivity contribution is 0.773. The molecule has 0 spiro atoms. The topological polar surface area (TPSA) is 37.8 Å². The van der Waals surface area contributed by atoms with Crippen LogP contribution in [0.5, 0.6) is 0 Å². The zero-order chi connectivity index (χ0) is 10.6. The van der Waals surface area contributed by atoms with Crippen LogP contribution < -0.4 is 5.32 Å². The van der Waals surface area contributed by atoms with Gasteiger partial charge in [0, 0.05) is 12.1 Å². The minimum Gasteiger partial charge on any atom is -0.357 e. The normalized spacial score (nSPS) is 12.2. The molecule has 0 aliphatic rings. The van der Waals surface area contributed by atoms with Gasteiger partial charge in [-0.05, 0) is 13.0 Å². The first-order chi connectivity index (χ1) is 6.63. The lowest BCUT2D eigenvalue weighted by atomic mass is 10.2. The summed E-state index contributed by atoms with van der Waals surface area (Å²) in [7, 11) is 0. The fourth-order valence-corrected chi connectivity index (χ4v) is 0.996. The molecule has 1 aromatic rings. The first kappa shape index (κ1) is 10.5. The fourth-order valence-electron chi connectivity index (χ4n) is 0.996. The quantitative estimate of drug-likeness (QED) is 0.739.